The van der Waals surface area contributed by atoms with Gasteiger partial charge in [0, 0.05) is 0 Å². The Labute approximate surface area is 215 Å². The molecule has 1 aliphatic rings. The lowest BCUT2D eigenvalue weighted by molar-refractivity contribution is 0.420. The summed E-state index contributed by atoms with van der Waals surface area (Å²) in [6.45, 7) is 4.39. The van der Waals surface area contributed by atoms with Crippen LogP contribution in [0, 0.1) is 13.8 Å². The second-order valence-electron chi connectivity index (χ2n) is 10.3. The van der Waals surface area contributed by atoms with E-state index in [2.05, 4.69) is 129 Å². The summed E-state index contributed by atoms with van der Waals surface area (Å²) in [6, 6.07) is 42.6. The van der Waals surface area contributed by atoms with E-state index in [1.54, 1.807) is 0 Å². The van der Waals surface area contributed by atoms with Crippen molar-refractivity contribution in [3.05, 3.63) is 132 Å². The van der Waals surface area contributed by atoms with Crippen molar-refractivity contribution >= 4 is 0 Å². The molecule has 0 aromatic heterocycles. The Morgan fingerprint density at radius 2 is 0.972 bits per heavy atom. The molecule has 0 bridgehead atoms. The maximum Gasteiger partial charge on any atom is -0.0146 e. The smallest absolute Gasteiger partial charge is 0.0146 e. The Balaban J connectivity index is 1.32. The molecule has 176 valence electrons. The molecule has 0 atom stereocenters. The van der Waals surface area contributed by atoms with Gasteiger partial charge < -0.3 is 0 Å². The predicted octanol–water partition coefficient (Wildman–Crippen LogP) is 10.2. The third-order valence-corrected chi connectivity index (χ3v) is 7.82. The Kier molecular flexibility index (Phi) is 6.03. The number of rotatable bonds is 5. The first-order valence-corrected chi connectivity index (χ1v) is 13.1. The highest BCUT2D eigenvalue weighted by atomic mass is 14.3. The van der Waals surface area contributed by atoms with Gasteiger partial charge in [0.1, 0.15) is 0 Å². The van der Waals surface area contributed by atoms with Gasteiger partial charge in [-0.15, -0.1) is 0 Å². The topological polar surface area (TPSA) is 0 Å². The molecule has 1 fully saturated rings. The van der Waals surface area contributed by atoms with Crippen LogP contribution in [-0.2, 0) is 0 Å². The second kappa shape index (κ2) is 9.63. The zero-order chi connectivity index (χ0) is 24.5. The van der Waals surface area contributed by atoms with Crippen molar-refractivity contribution in [3.63, 3.8) is 0 Å². The maximum absolute atomic E-state index is 2.45. The highest BCUT2D eigenvalue weighted by Crippen LogP contribution is 2.44. The monoisotopic (exact) mass is 464 g/mol. The SMILES string of the molecule is Cc1ccc(-c2ccc(-c3ccc(-c4ccc(-c5ccccc5)cc4C4CCC4)c(C)c3)cc2)cc1. The molecular formula is C36H32. The molecule has 36 heavy (non-hydrogen) atoms. The van der Waals surface area contributed by atoms with E-state index in [0.717, 1.165) is 0 Å². The van der Waals surface area contributed by atoms with Crippen molar-refractivity contribution in [1.29, 1.82) is 0 Å². The largest absolute Gasteiger partial charge is 0.0622 e. The molecule has 0 amide bonds. The molecule has 0 heteroatoms. The molecule has 0 saturated heterocycles. The van der Waals surface area contributed by atoms with E-state index in [1.165, 1.54) is 80.5 Å². The Hall–Kier alpha value is -3.90. The van der Waals surface area contributed by atoms with Gasteiger partial charge >= 0.3 is 0 Å². The predicted molar refractivity (Wildman–Crippen MR) is 154 cm³/mol. The molecule has 0 spiro atoms. The van der Waals surface area contributed by atoms with Gasteiger partial charge in [-0.2, -0.15) is 0 Å². The van der Waals surface area contributed by atoms with Crippen molar-refractivity contribution in [3.8, 4) is 44.5 Å². The van der Waals surface area contributed by atoms with Crippen molar-refractivity contribution in [2.24, 2.45) is 0 Å². The fraction of sp³-hybridized carbons (Fsp3) is 0.167. The molecular weight excluding hydrogens is 432 g/mol. The highest BCUT2D eigenvalue weighted by molar-refractivity contribution is 5.79. The van der Waals surface area contributed by atoms with E-state index in [4.69, 9.17) is 0 Å². The van der Waals surface area contributed by atoms with E-state index in [0.29, 0.717) is 5.92 Å². The van der Waals surface area contributed by atoms with Crippen LogP contribution >= 0.6 is 0 Å². The van der Waals surface area contributed by atoms with E-state index < -0.39 is 0 Å². The number of hydrogen-bond donors (Lipinski definition) is 0. The zero-order valence-corrected chi connectivity index (χ0v) is 21.2. The molecule has 0 unspecified atom stereocenters. The van der Waals surface area contributed by atoms with Crippen LogP contribution in [0.25, 0.3) is 44.5 Å². The summed E-state index contributed by atoms with van der Waals surface area (Å²) in [5.74, 6) is 0.678. The summed E-state index contributed by atoms with van der Waals surface area (Å²) in [5, 5.41) is 0. The van der Waals surface area contributed by atoms with E-state index in [9.17, 15) is 0 Å². The summed E-state index contributed by atoms with van der Waals surface area (Å²) in [6.07, 6.45) is 3.95. The van der Waals surface area contributed by atoms with Gasteiger partial charge in [0.25, 0.3) is 0 Å². The molecule has 6 rings (SSSR count). The summed E-state index contributed by atoms with van der Waals surface area (Å²) in [4.78, 5) is 0. The molecule has 0 nitrogen and oxygen atoms in total. The molecule has 5 aromatic carbocycles. The number of benzene rings is 5. The van der Waals surface area contributed by atoms with Crippen molar-refractivity contribution in [1.82, 2.24) is 0 Å². The van der Waals surface area contributed by atoms with Crippen LogP contribution in [0.1, 0.15) is 41.9 Å². The van der Waals surface area contributed by atoms with Crippen molar-refractivity contribution < 1.29 is 0 Å². The molecule has 0 radical (unpaired) electrons. The minimum absolute atomic E-state index is 0.678. The lowest BCUT2D eigenvalue weighted by Gasteiger charge is -2.29. The van der Waals surface area contributed by atoms with Crippen LogP contribution in [0.15, 0.2) is 115 Å². The Morgan fingerprint density at radius 1 is 0.472 bits per heavy atom. The van der Waals surface area contributed by atoms with Gasteiger partial charge in [0.15, 0.2) is 0 Å². The van der Waals surface area contributed by atoms with Crippen molar-refractivity contribution in [2.45, 2.75) is 39.0 Å². The van der Waals surface area contributed by atoms with Gasteiger partial charge in [0.2, 0.25) is 0 Å². The third kappa shape index (κ3) is 4.40. The van der Waals surface area contributed by atoms with E-state index in [1.807, 2.05) is 0 Å². The molecule has 0 N–H and O–H groups in total. The second-order valence-corrected chi connectivity index (χ2v) is 10.3. The lowest BCUT2D eigenvalue weighted by atomic mass is 9.76. The maximum atomic E-state index is 2.45. The average Bonchev–Trinajstić information content (AvgIpc) is 2.89. The standard InChI is InChI=1S/C36H32/c1-25-11-13-28(14-12-25)29-15-17-30(18-16-29)32-19-21-34(26(2)23-32)35-22-20-33(27-7-4-3-5-8-27)24-36(35)31-9-6-10-31/h3-5,7-8,11-24,31H,6,9-10H2,1-2H3. The van der Waals surface area contributed by atoms with Gasteiger partial charge in [-0.05, 0) is 88.2 Å². The van der Waals surface area contributed by atoms with Gasteiger partial charge in [0.05, 0.1) is 0 Å². The minimum atomic E-state index is 0.678. The average molecular weight is 465 g/mol. The quantitative estimate of drug-likeness (QED) is 0.243. The highest BCUT2D eigenvalue weighted by Gasteiger charge is 2.24. The van der Waals surface area contributed by atoms with Gasteiger partial charge in [-0.1, -0.05) is 127 Å². The van der Waals surface area contributed by atoms with E-state index >= 15 is 0 Å². The fourth-order valence-corrected chi connectivity index (χ4v) is 5.42. The van der Waals surface area contributed by atoms with Crippen molar-refractivity contribution in [2.75, 3.05) is 0 Å². The number of hydrogen-bond acceptors (Lipinski definition) is 0. The fourth-order valence-electron chi connectivity index (χ4n) is 5.42. The summed E-state index contributed by atoms with van der Waals surface area (Å²) < 4.78 is 0. The third-order valence-electron chi connectivity index (χ3n) is 7.82. The van der Waals surface area contributed by atoms with Gasteiger partial charge in [-0.3, -0.25) is 0 Å². The first-order chi connectivity index (χ1) is 17.7. The molecule has 5 aromatic rings. The normalized spacial score (nSPS) is 13.4. The molecule has 0 aliphatic heterocycles. The lowest BCUT2D eigenvalue weighted by Crippen LogP contribution is -2.10. The first-order valence-electron chi connectivity index (χ1n) is 13.1. The molecule has 1 aliphatic carbocycles. The summed E-state index contributed by atoms with van der Waals surface area (Å²) in [5.41, 5.74) is 14.6. The van der Waals surface area contributed by atoms with Crippen LogP contribution in [0.4, 0.5) is 0 Å². The van der Waals surface area contributed by atoms with E-state index in [-0.39, 0.29) is 0 Å². The Morgan fingerprint density at radius 3 is 1.56 bits per heavy atom. The number of aryl methyl sites for hydroxylation is 2. The van der Waals surface area contributed by atoms with Crippen LogP contribution in [0.3, 0.4) is 0 Å². The summed E-state index contributed by atoms with van der Waals surface area (Å²) in [7, 11) is 0. The van der Waals surface area contributed by atoms with Crippen LogP contribution < -0.4 is 0 Å². The summed E-state index contributed by atoms with van der Waals surface area (Å²) >= 11 is 0. The van der Waals surface area contributed by atoms with Crippen LogP contribution in [0.5, 0.6) is 0 Å². The Bertz CT molecular complexity index is 1490. The van der Waals surface area contributed by atoms with Crippen LogP contribution in [-0.4, -0.2) is 0 Å². The van der Waals surface area contributed by atoms with Crippen LogP contribution in [0.2, 0.25) is 0 Å². The molecule has 1 saturated carbocycles. The van der Waals surface area contributed by atoms with Gasteiger partial charge in [-0.25, -0.2) is 0 Å². The first kappa shape index (κ1) is 22.6. The zero-order valence-electron chi connectivity index (χ0n) is 21.2. The molecule has 0 heterocycles. The minimum Gasteiger partial charge on any atom is -0.0622 e.